The van der Waals surface area contributed by atoms with Gasteiger partial charge in [-0.3, -0.25) is 9.36 Å². The molecule has 4 heteroatoms. The third-order valence-electron chi connectivity index (χ3n) is 3.96. The molecule has 0 amide bonds. The molecular weight excluding hydrogens is 276 g/mol. The van der Waals surface area contributed by atoms with Crippen LogP contribution in [-0.2, 0) is 0 Å². The molecule has 4 nitrogen and oxygen atoms in total. The Hall–Kier alpha value is -2.88. The molecule has 0 saturated carbocycles. The van der Waals surface area contributed by atoms with E-state index in [4.69, 9.17) is 9.72 Å². The molecule has 22 heavy (non-hydrogen) atoms. The predicted octanol–water partition coefficient (Wildman–Crippen LogP) is 4.01. The largest absolute Gasteiger partial charge is 0.494 e. The summed E-state index contributed by atoms with van der Waals surface area (Å²) in [7, 11) is 1.64. The average Bonchev–Trinajstić information content (AvgIpc) is 2.86. The molecule has 0 aliphatic carbocycles. The minimum atomic E-state index is -0.0183. The van der Waals surface area contributed by atoms with Gasteiger partial charge < -0.3 is 4.74 Å². The fourth-order valence-corrected chi connectivity index (χ4v) is 3.03. The van der Waals surface area contributed by atoms with Crippen LogP contribution in [0.1, 0.15) is 11.7 Å². The number of ether oxygens (including phenoxy) is 1. The van der Waals surface area contributed by atoms with Crippen LogP contribution >= 0.6 is 0 Å². The highest BCUT2D eigenvalue weighted by Crippen LogP contribution is 2.32. The van der Waals surface area contributed by atoms with E-state index in [-0.39, 0.29) is 5.91 Å². The van der Waals surface area contributed by atoms with Gasteiger partial charge in [-0.25, -0.2) is 4.98 Å². The number of rotatable bonds is 1. The Labute approximate surface area is 126 Å². The van der Waals surface area contributed by atoms with Gasteiger partial charge in [0.15, 0.2) is 0 Å². The van der Waals surface area contributed by atoms with Crippen LogP contribution in [0.4, 0.5) is 0 Å². The van der Waals surface area contributed by atoms with E-state index in [2.05, 4.69) is 0 Å². The lowest BCUT2D eigenvalue weighted by Gasteiger charge is -2.06. The summed E-state index contributed by atoms with van der Waals surface area (Å²) in [5.41, 5.74) is 3.34. The van der Waals surface area contributed by atoms with Crippen molar-refractivity contribution in [2.75, 3.05) is 7.11 Å². The van der Waals surface area contributed by atoms with Gasteiger partial charge in [-0.05, 0) is 18.2 Å². The third-order valence-corrected chi connectivity index (χ3v) is 3.96. The normalized spacial score (nSPS) is 11.4. The summed E-state index contributed by atoms with van der Waals surface area (Å²) < 4.78 is 7.13. The highest BCUT2D eigenvalue weighted by molar-refractivity contribution is 6.14. The summed E-state index contributed by atoms with van der Waals surface area (Å²) >= 11 is 0. The molecule has 2 heterocycles. The molecule has 0 bridgehead atoms. The van der Waals surface area contributed by atoms with Crippen molar-refractivity contribution >= 4 is 38.7 Å². The van der Waals surface area contributed by atoms with Crippen molar-refractivity contribution in [3.05, 3.63) is 48.5 Å². The van der Waals surface area contributed by atoms with Gasteiger partial charge in [0.25, 0.3) is 0 Å². The number of pyridine rings is 1. The predicted molar refractivity (Wildman–Crippen MR) is 87.6 cm³/mol. The number of nitrogens with zero attached hydrogens (tertiary/aromatic N) is 2. The quantitative estimate of drug-likeness (QED) is 0.532. The first kappa shape index (κ1) is 12.8. The highest BCUT2D eigenvalue weighted by atomic mass is 16.5. The number of hydrogen-bond donors (Lipinski definition) is 0. The summed E-state index contributed by atoms with van der Waals surface area (Å²) in [6, 6.07) is 15.6. The molecular formula is C18H14N2O2. The lowest BCUT2D eigenvalue weighted by atomic mass is 10.1. The standard InChI is InChI=1S/C18H14N2O2/c1-11(21)20-14-8-4-3-7-13(14)18-15(20)10-12-6-5-9-16(22-2)17(12)19-18/h3-10H,1-2H3. The molecule has 4 aromatic rings. The molecule has 108 valence electrons. The number of para-hydroxylation sites is 2. The maximum absolute atomic E-state index is 12.1. The van der Waals surface area contributed by atoms with Gasteiger partial charge in [-0.1, -0.05) is 30.3 Å². The van der Waals surface area contributed by atoms with Crippen molar-refractivity contribution < 1.29 is 9.53 Å². The van der Waals surface area contributed by atoms with Gasteiger partial charge in [0.2, 0.25) is 5.91 Å². The van der Waals surface area contributed by atoms with Crippen molar-refractivity contribution in [2.24, 2.45) is 0 Å². The van der Waals surface area contributed by atoms with Crippen LogP contribution in [0.2, 0.25) is 0 Å². The summed E-state index contributed by atoms with van der Waals surface area (Å²) in [5, 5.41) is 1.93. The Balaban J connectivity index is 2.27. The van der Waals surface area contributed by atoms with Gasteiger partial charge in [-0.2, -0.15) is 0 Å². The first-order valence-electron chi connectivity index (χ1n) is 7.08. The second-order valence-corrected chi connectivity index (χ2v) is 5.26. The Bertz CT molecular complexity index is 1050. The fraction of sp³-hybridized carbons (Fsp3) is 0.111. The van der Waals surface area contributed by atoms with E-state index in [1.54, 1.807) is 18.6 Å². The zero-order valence-corrected chi connectivity index (χ0v) is 12.3. The first-order chi connectivity index (χ1) is 10.7. The number of aromatic nitrogens is 2. The molecule has 0 unspecified atom stereocenters. The summed E-state index contributed by atoms with van der Waals surface area (Å²) in [4.78, 5) is 16.9. The monoisotopic (exact) mass is 290 g/mol. The number of methoxy groups -OCH3 is 1. The number of carbonyl (C=O) groups is 1. The zero-order chi connectivity index (χ0) is 15.3. The van der Waals surface area contributed by atoms with E-state index in [9.17, 15) is 4.79 Å². The molecule has 0 fully saturated rings. The van der Waals surface area contributed by atoms with Crippen LogP contribution in [0.5, 0.6) is 5.75 Å². The minimum Gasteiger partial charge on any atom is -0.494 e. The van der Waals surface area contributed by atoms with E-state index in [1.807, 2.05) is 48.5 Å². The number of carbonyl (C=O) groups excluding carboxylic acids is 1. The topological polar surface area (TPSA) is 44.1 Å². The maximum Gasteiger partial charge on any atom is 0.228 e. The molecule has 0 aliphatic heterocycles. The lowest BCUT2D eigenvalue weighted by Crippen LogP contribution is -2.04. The van der Waals surface area contributed by atoms with Gasteiger partial charge in [-0.15, -0.1) is 0 Å². The van der Waals surface area contributed by atoms with E-state index < -0.39 is 0 Å². The number of hydrogen-bond acceptors (Lipinski definition) is 3. The van der Waals surface area contributed by atoms with E-state index in [0.29, 0.717) is 0 Å². The second-order valence-electron chi connectivity index (χ2n) is 5.26. The van der Waals surface area contributed by atoms with E-state index in [1.165, 1.54) is 0 Å². The molecule has 4 rings (SSSR count). The first-order valence-corrected chi connectivity index (χ1v) is 7.08. The Kier molecular flexibility index (Phi) is 2.66. The van der Waals surface area contributed by atoms with Gasteiger partial charge in [0.1, 0.15) is 11.3 Å². The number of benzene rings is 2. The van der Waals surface area contributed by atoms with E-state index in [0.717, 1.165) is 38.6 Å². The van der Waals surface area contributed by atoms with Crippen molar-refractivity contribution in [2.45, 2.75) is 6.92 Å². The van der Waals surface area contributed by atoms with Gasteiger partial charge >= 0.3 is 0 Å². The SMILES string of the molecule is COc1cccc2cc3c(nc12)c1ccccc1n3C(C)=O. The average molecular weight is 290 g/mol. The fourth-order valence-electron chi connectivity index (χ4n) is 3.03. The molecule has 0 radical (unpaired) electrons. The smallest absolute Gasteiger partial charge is 0.228 e. The maximum atomic E-state index is 12.1. The van der Waals surface area contributed by atoms with Gasteiger partial charge in [0, 0.05) is 17.7 Å². The molecule has 0 saturated heterocycles. The summed E-state index contributed by atoms with van der Waals surface area (Å²) in [6.07, 6.45) is 0. The van der Waals surface area contributed by atoms with Gasteiger partial charge in [0.05, 0.1) is 23.7 Å². The Morgan fingerprint density at radius 1 is 1.05 bits per heavy atom. The second kappa shape index (κ2) is 4.56. The van der Waals surface area contributed by atoms with Crippen molar-refractivity contribution in [3.8, 4) is 5.75 Å². The summed E-state index contributed by atoms with van der Waals surface area (Å²) in [6.45, 7) is 1.57. The third kappa shape index (κ3) is 1.64. The Morgan fingerprint density at radius 3 is 2.64 bits per heavy atom. The van der Waals surface area contributed by atoms with Crippen LogP contribution in [0.3, 0.4) is 0 Å². The minimum absolute atomic E-state index is 0.0183. The molecule has 2 aromatic heterocycles. The lowest BCUT2D eigenvalue weighted by molar-refractivity contribution is 0.0946. The summed E-state index contributed by atoms with van der Waals surface area (Å²) in [5.74, 6) is 0.717. The molecule has 0 spiro atoms. The van der Waals surface area contributed by atoms with Crippen molar-refractivity contribution in [3.63, 3.8) is 0 Å². The van der Waals surface area contributed by atoms with E-state index >= 15 is 0 Å². The van der Waals surface area contributed by atoms with Crippen LogP contribution in [-0.4, -0.2) is 22.6 Å². The molecule has 2 aromatic carbocycles. The van der Waals surface area contributed by atoms with Crippen LogP contribution in [0, 0.1) is 0 Å². The Morgan fingerprint density at radius 2 is 1.86 bits per heavy atom. The van der Waals surface area contributed by atoms with Crippen molar-refractivity contribution in [1.82, 2.24) is 9.55 Å². The number of fused-ring (bicyclic) bond motifs is 4. The highest BCUT2D eigenvalue weighted by Gasteiger charge is 2.16. The molecule has 0 N–H and O–H groups in total. The van der Waals surface area contributed by atoms with Crippen LogP contribution < -0.4 is 4.74 Å². The zero-order valence-electron chi connectivity index (χ0n) is 12.3. The van der Waals surface area contributed by atoms with Crippen LogP contribution in [0.25, 0.3) is 32.8 Å². The van der Waals surface area contributed by atoms with Crippen LogP contribution in [0.15, 0.2) is 48.5 Å². The van der Waals surface area contributed by atoms with Crippen molar-refractivity contribution in [1.29, 1.82) is 0 Å². The molecule has 0 aliphatic rings. The molecule has 0 atom stereocenters.